The molecule has 1 aliphatic rings. The van der Waals surface area contributed by atoms with Gasteiger partial charge in [0.2, 0.25) is 5.43 Å². The third-order valence-electron chi connectivity index (χ3n) is 3.63. The summed E-state index contributed by atoms with van der Waals surface area (Å²) in [6.07, 6.45) is 1.68. The van der Waals surface area contributed by atoms with Crippen LogP contribution in [0.1, 0.15) is 6.42 Å². The van der Waals surface area contributed by atoms with Crippen molar-refractivity contribution in [2.24, 2.45) is 5.92 Å². The normalized spacial score (nSPS) is 20.8. The predicted molar refractivity (Wildman–Crippen MR) is 70.9 cm³/mol. The number of hydrogen-bond donors (Lipinski definition) is 1. The molecule has 2 aromatic rings. The Hall–Kier alpha value is -1.72. The SMILES string of the molecule is O=c1cnn(CC(O)C2CCOC2)c2ccccc12. The minimum Gasteiger partial charge on any atom is -0.391 e. The van der Waals surface area contributed by atoms with Crippen molar-refractivity contribution < 1.29 is 9.84 Å². The van der Waals surface area contributed by atoms with Gasteiger partial charge < -0.3 is 9.84 Å². The molecular formula is C14H16N2O3. The molecule has 0 spiro atoms. The summed E-state index contributed by atoms with van der Waals surface area (Å²) in [5.74, 6) is 0.153. The molecule has 100 valence electrons. The van der Waals surface area contributed by atoms with Crippen LogP contribution >= 0.6 is 0 Å². The van der Waals surface area contributed by atoms with Crippen LogP contribution < -0.4 is 5.43 Å². The lowest BCUT2D eigenvalue weighted by molar-refractivity contribution is 0.0756. The van der Waals surface area contributed by atoms with Crippen LogP contribution in [0.4, 0.5) is 0 Å². The summed E-state index contributed by atoms with van der Waals surface area (Å²) in [5, 5.41) is 15.0. The van der Waals surface area contributed by atoms with E-state index in [-0.39, 0.29) is 11.3 Å². The van der Waals surface area contributed by atoms with Gasteiger partial charge in [0.15, 0.2) is 0 Å². The molecule has 0 bridgehead atoms. The fourth-order valence-corrected chi connectivity index (χ4v) is 2.49. The monoisotopic (exact) mass is 260 g/mol. The molecule has 19 heavy (non-hydrogen) atoms. The van der Waals surface area contributed by atoms with E-state index in [1.807, 2.05) is 18.2 Å². The van der Waals surface area contributed by atoms with Crippen LogP contribution in [0.5, 0.6) is 0 Å². The number of rotatable bonds is 3. The highest BCUT2D eigenvalue weighted by molar-refractivity contribution is 5.77. The van der Waals surface area contributed by atoms with E-state index in [2.05, 4.69) is 5.10 Å². The molecule has 1 aliphatic heterocycles. The standard InChI is InChI=1S/C14H16N2O3/c17-13-7-15-16(12-4-2-1-3-11(12)13)8-14(18)10-5-6-19-9-10/h1-4,7,10,14,18H,5-6,8-9H2. The van der Waals surface area contributed by atoms with Gasteiger partial charge in [0.25, 0.3) is 0 Å². The van der Waals surface area contributed by atoms with Gasteiger partial charge >= 0.3 is 0 Å². The van der Waals surface area contributed by atoms with E-state index in [0.29, 0.717) is 25.1 Å². The second-order valence-electron chi connectivity index (χ2n) is 4.90. The molecular weight excluding hydrogens is 244 g/mol. The van der Waals surface area contributed by atoms with Gasteiger partial charge in [0.1, 0.15) is 0 Å². The van der Waals surface area contributed by atoms with E-state index in [0.717, 1.165) is 11.9 Å². The summed E-state index contributed by atoms with van der Waals surface area (Å²) in [6, 6.07) is 7.32. The summed E-state index contributed by atoms with van der Waals surface area (Å²) in [7, 11) is 0. The number of fused-ring (bicyclic) bond motifs is 1. The third kappa shape index (κ3) is 2.39. The minimum atomic E-state index is -0.499. The molecule has 0 radical (unpaired) electrons. The first-order valence-corrected chi connectivity index (χ1v) is 6.46. The summed E-state index contributed by atoms with van der Waals surface area (Å²) in [4.78, 5) is 11.7. The lowest BCUT2D eigenvalue weighted by Crippen LogP contribution is -2.28. The zero-order valence-corrected chi connectivity index (χ0v) is 10.5. The quantitative estimate of drug-likeness (QED) is 0.886. The highest BCUT2D eigenvalue weighted by Gasteiger charge is 2.24. The Morgan fingerprint density at radius 3 is 3.11 bits per heavy atom. The molecule has 1 N–H and O–H groups in total. The topological polar surface area (TPSA) is 64.4 Å². The van der Waals surface area contributed by atoms with Crippen LogP contribution in [0, 0.1) is 5.92 Å². The average molecular weight is 260 g/mol. The second-order valence-corrected chi connectivity index (χ2v) is 4.90. The van der Waals surface area contributed by atoms with Crippen molar-refractivity contribution in [3.63, 3.8) is 0 Å². The van der Waals surface area contributed by atoms with Crippen LogP contribution in [0.3, 0.4) is 0 Å². The van der Waals surface area contributed by atoms with Crippen molar-refractivity contribution >= 4 is 10.9 Å². The Labute approximate surface area is 110 Å². The Morgan fingerprint density at radius 2 is 2.32 bits per heavy atom. The summed E-state index contributed by atoms with van der Waals surface area (Å²) in [5.41, 5.74) is 0.665. The number of para-hydroxylation sites is 1. The largest absolute Gasteiger partial charge is 0.391 e. The van der Waals surface area contributed by atoms with Crippen molar-refractivity contribution in [2.45, 2.75) is 19.1 Å². The van der Waals surface area contributed by atoms with Gasteiger partial charge in [-0.15, -0.1) is 0 Å². The first-order valence-electron chi connectivity index (χ1n) is 6.46. The predicted octanol–water partition coefficient (Wildman–Crippen LogP) is 0.794. The van der Waals surface area contributed by atoms with Crippen LogP contribution in [0.25, 0.3) is 10.9 Å². The van der Waals surface area contributed by atoms with E-state index in [1.54, 1.807) is 10.7 Å². The summed E-state index contributed by atoms with van der Waals surface area (Å²) >= 11 is 0. The Balaban J connectivity index is 1.92. The third-order valence-corrected chi connectivity index (χ3v) is 3.63. The molecule has 5 heteroatoms. The first-order chi connectivity index (χ1) is 9.25. The van der Waals surface area contributed by atoms with Gasteiger partial charge in [0.05, 0.1) is 31.0 Å². The molecule has 3 rings (SSSR count). The molecule has 2 heterocycles. The zero-order chi connectivity index (χ0) is 13.2. The van der Waals surface area contributed by atoms with E-state index >= 15 is 0 Å². The first kappa shape index (κ1) is 12.3. The van der Waals surface area contributed by atoms with Crippen LogP contribution in [-0.4, -0.2) is 34.2 Å². The summed E-state index contributed by atoms with van der Waals surface area (Å²) in [6.45, 7) is 1.69. The number of benzene rings is 1. The van der Waals surface area contributed by atoms with Gasteiger partial charge in [0, 0.05) is 17.9 Å². The Bertz CT molecular complexity index is 632. The van der Waals surface area contributed by atoms with Crippen molar-refractivity contribution in [1.82, 2.24) is 9.78 Å². The number of aromatic nitrogens is 2. The van der Waals surface area contributed by atoms with Crippen molar-refractivity contribution in [3.05, 3.63) is 40.7 Å². The zero-order valence-electron chi connectivity index (χ0n) is 10.5. The van der Waals surface area contributed by atoms with Crippen LogP contribution in [0.15, 0.2) is 35.3 Å². The van der Waals surface area contributed by atoms with E-state index in [9.17, 15) is 9.90 Å². The maximum Gasteiger partial charge on any atom is 0.207 e. The maximum atomic E-state index is 11.7. The van der Waals surface area contributed by atoms with Crippen molar-refractivity contribution in [2.75, 3.05) is 13.2 Å². The molecule has 5 nitrogen and oxygen atoms in total. The average Bonchev–Trinajstić information content (AvgIpc) is 2.96. The molecule has 1 aromatic carbocycles. The van der Waals surface area contributed by atoms with E-state index < -0.39 is 6.10 Å². The maximum absolute atomic E-state index is 11.7. The minimum absolute atomic E-state index is 0.0921. The number of nitrogens with zero attached hydrogens (tertiary/aromatic N) is 2. The van der Waals surface area contributed by atoms with Crippen molar-refractivity contribution in [1.29, 1.82) is 0 Å². The molecule has 0 aliphatic carbocycles. The Kier molecular flexibility index (Phi) is 3.31. The molecule has 2 unspecified atom stereocenters. The van der Waals surface area contributed by atoms with Gasteiger partial charge in [-0.2, -0.15) is 5.10 Å². The van der Waals surface area contributed by atoms with Gasteiger partial charge in [-0.1, -0.05) is 12.1 Å². The summed E-state index contributed by atoms with van der Waals surface area (Å²) < 4.78 is 6.98. The smallest absolute Gasteiger partial charge is 0.207 e. The van der Waals surface area contributed by atoms with Gasteiger partial charge in [-0.25, -0.2) is 0 Å². The number of hydrogen-bond acceptors (Lipinski definition) is 4. The lowest BCUT2D eigenvalue weighted by atomic mass is 10.0. The number of ether oxygens (including phenoxy) is 1. The highest BCUT2D eigenvalue weighted by Crippen LogP contribution is 2.18. The Morgan fingerprint density at radius 1 is 1.47 bits per heavy atom. The van der Waals surface area contributed by atoms with Crippen LogP contribution in [-0.2, 0) is 11.3 Å². The molecule has 0 amide bonds. The second kappa shape index (κ2) is 5.11. The van der Waals surface area contributed by atoms with Crippen molar-refractivity contribution in [3.8, 4) is 0 Å². The highest BCUT2D eigenvalue weighted by atomic mass is 16.5. The van der Waals surface area contributed by atoms with E-state index in [4.69, 9.17) is 4.74 Å². The lowest BCUT2D eigenvalue weighted by Gasteiger charge is -2.18. The molecule has 1 aromatic heterocycles. The number of aliphatic hydroxyl groups is 1. The van der Waals surface area contributed by atoms with E-state index in [1.165, 1.54) is 6.20 Å². The van der Waals surface area contributed by atoms with Crippen LogP contribution in [0.2, 0.25) is 0 Å². The number of aliphatic hydroxyl groups excluding tert-OH is 1. The fourth-order valence-electron chi connectivity index (χ4n) is 2.49. The molecule has 2 atom stereocenters. The van der Waals surface area contributed by atoms with Gasteiger partial charge in [-0.3, -0.25) is 9.48 Å². The fraction of sp³-hybridized carbons (Fsp3) is 0.429. The molecule has 1 fully saturated rings. The molecule has 1 saturated heterocycles. The van der Waals surface area contributed by atoms with Gasteiger partial charge in [-0.05, 0) is 18.6 Å². The molecule has 0 saturated carbocycles.